The van der Waals surface area contributed by atoms with E-state index >= 15 is 0 Å². The molecule has 142 valence electrons. The highest BCUT2D eigenvalue weighted by Crippen LogP contribution is 2.23. The van der Waals surface area contributed by atoms with Crippen molar-refractivity contribution in [2.24, 2.45) is 5.92 Å². The molecule has 0 saturated carbocycles. The molecule has 0 amide bonds. The first-order valence-electron chi connectivity index (χ1n) is 7.62. The lowest BCUT2D eigenvalue weighted by Gasteiger charge is -2.32. The number of aliphatic carboxylic acids is 1. The van der Waals surface area contributed by atoms with Crippen LogP contribution in [0.4, 0.5) is 4.39 Å². The molecular weight excluding hydrogens is 394 g/mol. The fraction of sp³-hybridized carbons (Fsp3) is 0.533. The third-order valence-corrected chi connectivity index (χ3v) is 6.02. The van der Waals surface area contributed by atoms with Gasteiger partial charge in [0.05, 0.1) is 17.3 Å². The summed E-state index contributed by atoms with van der Waals surface area (Å²) in [5.41, 5.74) is 0.438. The second kappa shape index (κ2) is 9.68. The molecule has 25 heavy (non-hydrogen) atoms. The van der Waals surface area contributed by atoms with E-state index in [2.05, 4.69) is 5.32 Å². The summed E-state index contributed by atoms with van der Waals surface area (Å²) in [4.78, 5) is 10.5. The first-order valence-corrected chi connectivity index (χ1v) is 9.61. The second-order valence-corrected chi connectivity index (χ2v) is 8.27. The first kappa shape index (κ1) is 22.1. The van der Waals surface area contributed by atoms with Crippen LogP contribution < -0.4 is 5.32 Å². The largest absolute Gasteiger partial charge is 0.480 e. The second-order valence-electron chi connectivity index (χ2n) is 5.90. The van der Waals surface area contributed by atoms with Gasteiger partial charge in [-0.1, -0.05) is 17.7 Å². The third kappa shape index (κ3) is 6.71. The van der Waals surface area contributed by atoms with Gasteiger partial charge in [0.2, 0.25) is 10.0 Å². The molecule has 1 aromatic rings. The van der Waals surface area contributed by atoms with Gasteiger partial charge < -0.3 is 10.4 Å². The van der Waals surface area contributed by atoms with Gasteiger partial charge in [0.1, 0.15) is 5.82 Å². The predicted molar refractivity (Wildman–Crippen MR) is 96.1 cm³/mol. The van der Waals surface area contributed by atoms with Crippen molar-refractivity contribution in [1.29, 1.82) is 0 Å². The molecular formula is C15H21Cl2FN2O4S. The highest BCUT2D eigenvalue weighted by Gasteiger charge is 2.29. The number of halogens is 3. The summed E-state index contributed by atoms with van der Waals surface area (Å²) in [5, 5.41) is 11.3. The van der Waals surface area contributed by atoms with E-state index in [-0.39, 0.29) is 35.6 Å². The molecule has 2 rings (SSSR count). The van der Waals surface area contributed by atoms with Gasteiger partial charge in [0.25, 0.3) is 0 Å². The predicted octanol–water partition coefficient (Wildman–Crippen LogP) is 2.12. The molecule has 1 atom stereocenters. The molecule has 1 aliphatic rings. The Balaban J connectivity index is 0.00000312. The van der Waals surface area contributed by atoms with Gasteiger partial charge in [-0.15, -0.1) is 12.4 Å². The van der Waals surface area contributed by atoms with Gasteiger partial charge in [-0.3, -0.25) is 4.79 Å². The van der Waals surface area contributed by atoms with E-state index in [1.807, 2.05) is 0 Å². The molecule has 1 heterocycles. The summed E-state index contributed by atoms with van der Waals surface area (Å²) >= 11 is 5.69. The maximum absolute atomic E-state index is 13.2. The molecule has 1 unspecified atom stereocenters. The van der Waals surface area contributed by atoms with Crippen molar-refractivity contribution in [3.05, 3.63) is 34.6 Å². The lowest BCUT2D eigenvalue weighted by Crippen LogP contribution is -2.43. The monoisotopic (exact) mass is 414 g/mol. The number of piperidine rings is 1. The maximum Gasteiger partial charge on any atom is 0.317 e. The van der Waals surface area contributed by atoms with Gasteiger partial charge in [-0.2, -0.15) is 0 Å². The number of carboxylic acid groups (broad SMARTS) is 1. The Hall–Kier alpha value is -0.930. The van der Waals surface area contributed by atoms with Crippen LogP contribution in [0.3, 0.4) is 0 Å². The molecule has 0 spiro atoms. The molecule has 6 nitrogen and oxygen atoms in total. The van der Waals surface area contributed by atoms with Crippen molar-refractivity contribution in [1.82, 2.24) is 9.62 Å². The minimum absolute atomic E-state index is 0. The Morgan fingerprint density at radius 2 is 2.16 bits per heavy atom. The number of hydrogen-bond acceptors (Lipinski definition) is 4. The normalized spacial score (nSPS) is 18.6. The Morgan fingerprint density at radius 3 is 2.80 bits per heavy atom. The summed E-state index contributed by atoms with van der Waals surface area (Å²) < 4.78 is 39.7. The van der Waals surface area contributed by atoms with Crippen LogP contribution in [0.5, 0.6) is 0 Å². The van der Waals surface area contributed by atoms with Gasteiger partial charge in [0.15, 0.2) is 0 Å². The minimum Gasteiger partial charge on any atom is -0.480 e. The number of nitrogens with one attached hydrogen (secondary N) is 1. The van der Waals surface area contributed by atoms with Crippen LogP contribution in [0.1, 0.15) is 18.4 Å². The number of benzene rings is 1. The summed E-state index contributed by atoms with van der Waals surface area (Å²) in [5.74, 6) is -1.68. The molecule has 1 aromatic carbocycles. The zero-order valence-electron chi connectivity index (χ0n) is 13.5. The Bertz CT molecular complexity index is 703. The van der Waals surface area contributed by atoms with E-state index in [4.69, 9.17) is 16.7 Å². The summed E-state index contributed by atoms with van der Waals surface area (Å²) in [6.07, 6.45) is 1.57. The lowest BCUT2D eigenvalue weighted by molar-refractivity contribution is -0.136. The summed E-state index contributed by atoms with van der Waals surface area (Å²) in [6.45, 7) is 1.11. The molecule has 1 aliphatic heterocycles. The van der Waals surface area contributed by atoms with E-state index in [1.165, 1.54) is 16.4 Å². The molecule has 1 saturated heterocycles. The first-order chi connectivity index (χ1) is 11.3. The van der Waals surface area contributed by atoms with Crippen molar-refractivity contribution in [2.45, 2.75) is 18.6 Å². The number of hydrogen-bond donors (Lipinski definition) is 2. The lowest BCUT2D eigenvalue weighted by atomic mass is 10.00. The third-order valence-electron chi connectivity index (χ3n) is 3.92. The minimum atomic E-state index is -3.53. The molecule has 2 N–H and O–H groups in total. The van der Waals surface area contributed by atoms with Crippen LogP contribution in [0.15, 0.2) is 18.2 Å². The van der Waals surface area contributed by atoms with E-state index in [1.54, 1.807) is 0 Å². The van der Waals surface area contributed by atoms with Gasteiger partial charge in [-0.25, -0.2) is 17.1 Å². The number of carbonyl (C=O) groups is 1. The zero-order valence-corrected chi connectivity index (χ0v) is 15.8. The highest BCUT2D eigenvalue weighted by atomic mass is 35.5. The standard InChI is InChI=1S/C15H20ClFN2O4S.ClH/c16-13-6-11(3-4-14(13)17)10-24(22,23)19-5-1-2-12(9-19)7-18-8-15(20)21;/h3-4,6,12,18H,1-2,5,7-10H2,(H,20,21);1H. The topological polar surface area (TPSA) is 86.7 Å². The van der Waals surface area contributed by atoms with Crippen molar-refractivity contribution >= 4 is 40.0 Å². The maximum atomic E-state index is 13.2. The van der Waals surface area contributed by atoms with Crippen LogP contribution in [0.2, 0.25) is 5.02 Å². The fourth-order valence-corrected chi connectivity index (χ4v) is 4.59. The smallest absolute Gasteiger partial charge is 0.317 e. The number of rotatable bonds is 7. The van der Waals surface area contributed by atoms with Gasteiger partial charge in [-0.05, 0) is 43.0 Å². The van der Waals surface area contributed by atoms with Crippen LogP contribution >= 0.6 is 24.0 Å². The van der Waals surface area contributed by atoms with Crippen molar-refractivity contribution in [2.75, 3.05) is 26.2 Å². The fourth-order valence-electron chi connectivity index (χ4n) is 2.76. The molecule has 10 heteroatoms. The van der Waals surface area contributed by atoms with Crippen LogP contribution in [-0.2, 0) is 20.6 Å². The number of nitrogens with zero attached hydrogens (tertiary/aromatic N) is 1. The van der Waals surface area contributed by atoms with Gasteiger partial charge >= 0.3 is 5.97 Å². The van der Waals surface area contributed by atoms with Crippen molar-refractivity contribution in [3.63, 3.8) is 0 Å². The quantitative estimate of drug-likeness (QED) is 0.713. The average Bonchev–Trinajstić information content (AvgIpc) is 2.51. The Labute approximate surface area is 157 Å². The van der Waals surface area contributed by atoms with Crippen LogP contribution in [0.25, 0.3) is 0 Å². The molecule has 0 aromatic heterocycles. The Morgan fingerprint density at radius 1 is 1.44 bits per heavy atom. The average molecular weight is 415 g/mol. The zero-order chi connectivity index (χ0) is 17.7. The molecule has 0 radical (unpaired) electrons. The summed E-state index contributed by atoms with van der Waals surface area (Å²) in [7, 11) is -3.53. The number of sulfonamides is 1. The van der Waals surface area contributed by atoms with Gasteiger partial charge in [0, 0.05) is 13.1 Å². The van der Waals surface area contributed by atoms with E-state index in [0.29, 0.717) is 25.2 Å². The van der Waals surface area contributed by atoms with E-state index in [0.717, 1.165) is 18.9 Å². The highest BCUT2D eigenvalue weighted by molar-refractivity contribution is 7.88. The molecule has 0 bridgehead atoms. The summed E-state index contributed by atoms with van der Waals surface area (Å²) in [6, 6.07) is 3.89. The molecule has 1 fully saturated rings. The Kier molecular flexibility index (Phi) is 8.56. The van der Waals surface area contributed by atoms with Crippen molar-refractivity contribution < 1.29 is 22.7 Å². The van der Waals surface area contributed by atoms with E-state index < -0.39 is 21.8 Å². The van der Waals surface area contributed by atoms with Crippen molar-refractivity contribution in [3.8, 4) is 0 Å². The van der Waals surface area contributed by atoms with E-state index in [9.17, 15) is 17.6 Å². The molecule has 0 aliphatic carbocycles. The van der Waals surface area contributed by atoms with Crippen LogP contribution in [0, 0.1) is 11.7 Å². The SMILES string of the molecule is Cl.O=C(O)CNCC1CCCN(S(=O)(=O)Cc2ccc(F)c(Cl)c2)C1. The number of carboxylic acids is 1. The van der Waals surface area contributed by atoms with Crippen LogP contribution in [-0.4, -0.2) is 50.0 Å².